The molecule has 0 aliphatic rings. The molecule has 0 saturated carbocycles. The van der Waals surface area contributed by atoms with Crippen molar-refractivity contribution in [3.63, 3.8) is 0 Å². The molecule has 0 saturated heterocycles. The van der Waals surface area contributed by atoms with Gasteiger partial charge in [-0.05, 0) is 102 Å². The number of rotatable bonds is 34. The Bertz CT molecular complexity index is 3050. The number of benzene rings is 8. The van der Waals surface area contributed by atoms with Crippen LogP contribution in [0.2, 0.25) is 0 Å². The average molecular weight is 1110 g/mol. The monoisotopic (exact) mass is 1110 g/mol. The zero-order valence-corrected chi connectivity index (χ0v) is 45.7. The van der Waals surface area contributed by atoms with Gasteiger partial charge in [0, 0.05) is 72.6 Å². The molecular formula is C68H70N2O12. The van der Waals surface area contributed by atoms with Crippen LogP contribution in [0.4, 0.5) is 0 Å². The third-order valence-corrected chi connectivity index (χ3v) is 13.4. The van der Waals surface area contributed by atoms with Gasteiger partial charge in [-0.15, -0.1) is 0 Å². The summed E-state index contributed by atoms with van der Waals surface area (Å²) in [5, 5.41) is 45.1. The van der Waals surface area contributed by atoms with Crippen molar-refractivity contribution < 1.29 is 58.5 Å². The first kappa shape index (κ1) is 59.8. The molecule has 0 amide bonds. The Hall–Kier alpha value is -8.31. The van der Waals surface area contributed by atoms with E-state index in [4.69, 9.17) is 23.7 Å². The van der Waals surface area contributed by atoms with Gasteiger partial charge in [0.1, 0.15) is 73.8 Å². The average Bonchev–Trinajstić information content (AvgIpc) is 3.55. The highest BCUT2D eigenvalue weighted by Crippen LogP contribution is 2.21. The Balaban J connectivity index is 0.857. The number of aliphatic hydroxyl groups is 4. The predicted octanol–water partition coefficient (Wildman–Crippen LogP) is 8.65. The molecule has 0 aliphatic heterocycles. The molecule has 14 nitrogen and oxygen atoms in total. The largest absolute Gasteiger partial charge is 0.491 e. The van der Waals surface area contributed by atoms with Gasteiger partial charge in [0.25, 0.3) is 0 Å². The summed E-state index contributed by atoms with van der Waals surface area (Å²) in [6, 6.07) is 65.2. The highest BCUT2D eigenvalue weighted by Gasteiger charge is 2.21. The second-order valence-corrected chi connectivity index (χ2v) is 20.0. The van der Waals surface area contributed by atoms with Gasteiger partial charge in [0.05, 0.1) is 13.2 Å². The Morgan fingerprint density at radius 2 is 0.561 bits per heavy atom. The molecule has 82 heavy (non-hydrogen) atoms. The third kappa shape index (κ3) is 19.5. The summed E-state index contributed by atoms with van der Waals surface area (Å²) in [6.45, 7) is 1.30. The van der Waals surface area contributed by atoms with E-state index in [-0.39, 0.29) is 83.2 Å². The number of ether oxygens (including phenoxy) is 5. The second-order valence-electron chi connectivity index (χ2n) is 20.0. The van der Waals surface area contributed by atoms with Crippen LogP contribution in [0.5, 0.6) is 23.0 Å². The molecule has 0 spiro atoms. The summed E-state index contributed by atoms with van der Waals surface area (Å²) in [5.41, 5.74) is 5.58. The molecule has 0 fully saturated rings. The van der Waals surface area contributed by atoms with Crippen LogP contribution in [0.3, 0.4) is 0 Å². The summed E-state index contributed by atoms with van der Waals surface area (Å²) >= 11 is 0. The minimum Gasteiger partial charge on any atom is -0.491 e. The lowest BCUT2D eigenvalue weighted by molar-refractivity contribution is 0.00427. The maximum Gasteiger partial charge on any atom is 0.193 e. The lowest BCUT2D eigenvalue weighted by atomic mass is 10.0. The molecule has 0 heterocycles. The smallest absolute Gasteiger partial charge is 0.193 e. The fourth-order valence-electron chi connectivity index (χ4n) is 9.09. The Kier molecular flexibility index (Phi) is 23.1. The van der Waals surface area contributed by atoms with Gasteiger partial charge in [-0.3, -0.25) is 24.2 Å². The van der Waals surface area contributed by atoms with E-state index in [1.54, 1.807) is 109 Å². The lowest BCUT2D eigenvalue weighted by Gasteiger charge is -2.28. The van der Waals surface area contributed by atoms with Gasteiger partial charge in [0.15, 0.2) is 17.3 Å². The summed E-state index contributed by atoms with van der Waals surface area (Å²) < 4.78 is 30.0. The van der Waals surface area contributed by atoms with E-state index in [1.807, 2.05) is 107 Å². The van der Waals surface area contributed by atoms with Crippen LogP contribution in [-0.2, 0) is 11.2 Å². The minimum atomic E-state index is -0.988. The molecule has 8 aromatic carbocycles. The molecule has 424 valence electrons. The van der Waals surface area contributed by atoms with Gasteiger partial charge in [-0.1, -0.05) is 133 Å². The highest BCUT2D eigenvalue weighted by atomic mass is 16.5. The van der Waals surface area contributed by atoms with Crippen molar-refractivity contribution in [2.45, 2.75) is 30.8 Å². The van der Waals surface area contributed by atoms with Crippen LogP contribution < -0.4 is 18.9 Å². The Morgan fingerprint density at radius 3 is 0.854 bits per heavy atom. The van der Waals surface area contributed by atoms with E-state index in [0.717, 1.165) is 12.0 Å². The van der Waals surface area contributed by atoms with Gasteiger partial charge in [-0.25, -0.2) is 0 Å². The summed E-state index contributed by atoms with van der Waals surface area (Å²) in [4.78, 5) is 42.6. The molecule has 8 aromatic rings. The van der Waals surface area contributed by atoms with Crippen LogP contribution in [0.25, 0.3) is 0 Å². The summed E-state index contributed by atoms with van der Waals surface area (Å²) in [5.74, 6) is 1.70. The maximum atomic E-state index is 13.0. The van der Waals surface area contributed by atoms with E-state index >= 15 is 0 Å². The van der Waals surface area contributed by atoms with Crippen LogP contribution in [0.1, 0.15) is 58.9 Å². The first-order valence-corrected chi connectivity index (χ1v) is 27.5. The van der Waals surface area contributed by atoms with E-state index in [1.165, 1.54) is 5.56 Å². The van der Waals surface area contributed by atoms with Gasteiger partial charge in [-0.2, -0.15) is 0 Å². The number of hydrogen-bond acceptors (Lipinski definition) is 14. The minimum absolute atomic E-state index is 0.00155. The second kappa shape index (κ2) is 31.6. The standard InChI is InChI=1S/C68H70N2O12/c71-58(46-79-62-29-21-51(22-30-62)41-50-13-5-1-6-14-50)42-69(43-59(72)47-80-63-31-23-55(24-32-63)66(75)52-15-7-2-8-16-52)37-39-78-40-38-70(44-60(73)48-81-64-33-25-56(26-34-64)67(76)53-17-9-3-10-18-53)45-61(74)49-82-65-35-27-57(28-36-65)68(77)54-19-11-4-12-20-54/h1-36,58-61,71-74H,37-49H2. The van der Waals surface area contributed by atoms with E-state index in [0.29, 0.717) is 69.5 Å². The van der Waals surface area contributed by atoms with E-state index in [9.17, 15) is 34.8 Å². The number of carbonyl (C=O) groups is 3. The van der Waals surface area contributed by atoms with Gasteiger partial charge >= 0.3 is 0 Å². The van der Waals surface area contributed by atoms with Crippen molar-refractivity contribution >= 4 is 17.3 Å². The van der Waals surface area contributed by atoms with Crippen LogP contribution >= 0.6 is 0 Å². The zero-order valence-electron chi connectivity index (χ0n) is 45.7. The molecule has 0 aliphatic carbocycles. The molecule has 14 heteroatoms. The topological polar surface area (TPSA) is 185 Å². The quantitative estimate of drug-likeness (QED) is 0.0222. The van der Waals surface area contributed by atoms with Crippen molar-refractivity contribution in [2.24, 2.45) is 0 Å². The third-order valence-electron chi connectivity index (χ3n) is 13.4. The number of ketones is 3. The van der Waals surface area contributed by atoms with E-state index in [2.05, 4.69) is 12.1 Å². The molecule has 4 N–H and O–H groups in total. The lowest BCUT2D eigenvalue weighted by Crippen LogP contribution is -2.44. The first-order valence-electron chi connectivity index (χ1n) is 27.5. The van der Waals surface area contributed by atoms with Crippen LogP contribution in [-0.4, -0.2) is 151 Å². The van der Waals surface area contributed by atoms with Crippen molar-refractivity contribution in [3.8, 4) is 23.0 Å². The van der Waals surface area contributed by atoms with Gasteiger partial charge < -0.3 is 44.1 Å². The molecule has 0 aromatic heterocycles. The van der Waals surface area contributed by atoms with Crippen molar-refractivity contribution in [3.05, 3.63) is 263 Å². The number of carbonyl (C=O) groups excluding carboxylic acids is 3. The van der Waals surface area contributed by atoms with Crippen molar-refractivity contribution in [2.75, 3.05) is 78.9 Å². The maximum absolute atomic E-state index is 13.0. The van der Waals surface area contributed by atoms with Crippen LogP contribution in [0, 0.1) is 0 Å². The first-order chi connectivity index (χ1) is 40.0. The normalized spacial score (nSPS) is 12.8. The fraction of sp³-hybridized carbons (Fsp3) is 0.250. The molecule has 8 rings (SSSR count). The number of hydrogen-bond donors (Lipinski definition) is 4. The SMILES string of the molecule is O=C(c1ccccc1)c1ccc(OCC(O)CN(CCOCCN(CC(O)COc2ccc(C(=O)c3ccccc3)cc2)CC(O)COc2ccc(C(=O)c3ccccc3)cc2)CC(O)COc2ccc(Cc3ccccc3)cc2)cc1. The number of nitrogens with zero attached hydrogens (tertiary/aromatic N) is 2. The summed E-state index contributed by atoms with van der Waals surface area (Å²) in [6.07, 6.45) is -3.09. The zero-order chi connectivity index (χ0) is 57.3. The highest BCUT2D eigenvalue weighted by molar-refractivity contribution is 6.10. The molecular weight excluding hydrogens is 1040 g/mol. The molecule has 0 bridgehead atoms. The predicted molar refractivity (Wildman–Crippen MR) is 314 cm³/mol. The molecule has 0 radical (unpaired) electrons. The van der Waals surface area contributed by atoms with E-state index < -0.39 is 24.4 Å². The van der Waals surface area contributed by atoms with Gasteiger partial charge in [0.2, 0.25) is 0 Å². The fourth-order valence-corrected chi connectivity index (χ4v) is 9.09. The molecule has 4 atom stereocenters. The Morgan fingerprint density at radius 1 is 0.317 bits per heavy atom. The Labute approximate surface area is 479 Å². The van der Waals surface area contributed by atoms with Crippen LogP contribution in [0.15, 0.2) is 218 Å². The summed E-state index contributed by atoms with van der Waals surface area (Å²) in [7, 11) is 0. The number of aliphatic hydroxyl groups excluding tert-OH is 4. The van der Waals surface area contributed by atoms with Crippen molar-refractivity contribution in [1.82, 2.24) is 9.80 Å². The molecule has 4 unspecified atom stereocenters. The van der Waals surface area contributed by atoms with Crippen molar-refractivity contribution in [1.29, 1.82) is 0 Å².